The largest absolute Gasteiger partial charge is 0.497 e. The molecule has 1 amide bonds. The van der Waals surface area contributed by atoms with Crippen molar-refractivity contribution in [1.29, 1.82) is 0 Å². The number of nitrogens with zero attached hydrogens (tertiary/aromatic N) is 4. The van der Waals surface area contributed by atoms with Crippen molar-refractivity contribution in [2.75, 3.05) is 12.4 Å². The van der Waals surface area contributed by atoms with Crippen molar-refractivity contribution in [3.8, 4) is 39.5 Å². The third-order valence-electron chi connectivity index (χ3n) is 6.99. The molecule has 5 aromatic heterocycles. The molecule has 0 fully saturated rings. The first-order chi connectivity index (χ1) is 20.6. The minimum Gasteiger partial charge on any atom is -0.497 e. The summed E-state index contributed by atoms with van der Waals surface area (Å²) in [5.74, 6) is -0.192. The highest BCUT2D eigenvalue weighted by Gasteiger charge is 2.16. The summed E-state index contributed by atoms with van der Waals surface area (Å²) in [5.41, 5.74) is 6.90. The quantitative estimate of drug-likeness (QED) is 0.212. The minimum absolute atomic E-state index is 0.223. The molecule has 10 heteroatoms. The zero-order valence-corrected chi connectivity index (χ0v) is 22.2. The Morgan fingerprint density at radius 2 is 1.71 bits per heavy atom. The number of benzene rings is 2. The fraction of sp³-hybridized carbons (Fsp3) is 0.0312. The molecule has 0 aliphatic carbocycles. The molecule has 7 rings (SSSR count). The molecule has 0 unspecified atom stereocenters. The molecule has 0 atom stereocenters. The van der Waals surface area contributed by atoms with Crippen molar-refractivity contribution in [3.63, 3.8) is 0 Å². The SMILES string of the molecule is COc1cc(F)cc(-c2cncc3[nH]c(-c4n[nH]c5cnc(-c6cncc(NC(=O)c7ccccc7)c6)cc45)cc23)c1. The number of nitrogens with one attached hydrogen (secondary N) is 3. The van der Waals surface area contributed by atoms with Crippen LogP contribution in [-0.4, -0.2) is 43.2 Å². The zero-order valence-electron chi connectivity index (χ0n) is 22.2. The molecule has 5 heterocycles. The van der Waals surface area contributed by atoms with E-state index in [1.807, 2.05) is 36.4 Å². The summed E-state index contributed by atoms with van der Waals surface area (Å²) in [6.07, 6.45) is 8.43. The van der Waals surface area contributed by atoms with Gasteiger partial charge < -0.3 is 15.0 Å². The number of aromatic amines is 2. The van der Waals surface area contributed by atoms with Crippen LogP contribution in [0.3, 0.4) is 0 Å². The third kappa shape index (κ3) is 4.60. The molecule has 7 aromatic rings. The summed E-state index contributed by atoms with van der Waals surface area (Å²) in [6, 6.07) is 19.3. The van der Waals surface area contributed by atoms with Crippen LogP contribution in [0.25, 0.3) is 55.6 Å². The highest BCUT2D eigenvalue weighted by Crippen LogP contribution is 2.35. The number of fused-ring (bicyclic) bond motifs is 2. The van der Waals surface area contributed by atoms with Crippen LogP contribution in [0.2, 0.25) is 0 Å². The molecule has 42 heavy (non-hydrogen) atoms. The Balaban J connectivity index is 1.25. The van der Waals surface area contributed by atoms with E-state index >= 15 is 0 Å². The monoisotopic (exact) mass is 555 g/mol. The van der Waals surface area contributed by atoms with E-state index in [2.05, 4.69) is 35.5 Å². The summed E-state index contributed by atoms with van der Waals surface area (Å²) in [7, 11) is 1.50. The van der Waals surface area contributed by atoms with E-state index in [0.717, 1.165) is 38.6 Å². The molecule has 0 aliphatic rings. The number of hydrogen-bond donors (Lipinski definition) is 3. The number of rotatable bonds is 6. The molecule has 0 aliphatic heterocycles. The Hall–Kier alpha value is -5.90. The number of ether oxygens (including phenoxy) is 1. The maximum absolute atomic E-state index is 14.3. The van der Waals surface area contributed by atoms with Gasteiger partial charge in [0.05, 0.1) is 53.8 Å². The zero-order chi connectivity index (χ0) is 28.6. The molecule has 0 radical (unpaired) electrons. The van der Waals surface area contributed by atoms with Gasteiger partial charge in [0.2, 0.25) is 0 Å². The van der Waals surface area contributed by atoms with Crippen molar-refractivity contribution < 1.29 is 13.9 Å². The topological polar surface area (TPSA) is 121 Å². The van der Waals surface area contributed by atoms with Gasteiger partial charge in [0, 0.05) is 45.9 Å². The highest BCUT2D eigenvalue weighted by atomic mass is 19.1. The van der Waals surface area contributed by atoms with Gasteiger partial charge in [-0.1, -0.05) is 18.2 Å². The number of hydrogen-bond acceptors (Lipinski definition) is 6. The number of H-pyrrole nitrogens is 2. The van der Waals surface area contributed by atoms with Crippen LogP contribution in [0.1, 0.15) is 10.4 Å². The average Bonchev–Trinajstić information content (AvgIpc) is 3.65. The number of anilines is 1. The first-order valence-corrected chi connectivity index (χ1v) is 13.0. The van der Waals surface area contributed by atoms with E-state index in [1.54, 1.807) is 49.2 Å². The summed E-state index contributed by atoms with van der Waals surface area (Å²) in [5, 5.41) is 12.2. The number of aromatic nitrogens is 6. The summed E-state index contributed by atoms with van der Waals surface area (Å²) < 4.78 is 19.6. The second-order valence-corrected chi connectivity index (χ2v) is 9.68. The number of halogens is 1. The smallest absolute Gasteiger partial charge is 0.255 e. The number of amides is 1. The Bertz CT molecular complexity index is 2100. The van der Waals surface area contributed by atoms with Crippen molar-refractivity contribution in [2.45, 2.75) is 0 Å². The van der Waals surface area contributed by atoms with E-state index in [-0.39, 0.29) is 5.91 Å². The summed E-state index contributed by atoms with van der Waals surface area (Å²) in [6.45, 7) is 0. The lowest BCUT2D eigenvalue weighted by Crippen LogP contribution is -2.11. The Kier molecular flexibility index (Phi) is 6.12. The lowest BCUT2D eigenvalue weighted by molar-refractivity contribution is 0.102. The standard InChI is InChI=1S/C32H22FN7O2/c1-42-23-9-19(7-21(33)10-23)26-15-35-16-29-24(26)11-28(38-29)31-25-12-27(36-17-30(25)39-40-31)20-8-22(14-34-13-20)37-32(41)18-5-3-2-4-6-18/h2-17,38H,1H3,(H,37,41)(H,39,40). The van der Waals surface area contributed by atoms with Crippen molar-refractivity contribution in [2.24, 2.45) is 0 Å². The van der Waals surface area contributed by atoms with Gasteiger partial charge in [-0.15, -0.1) is 0 Å². The van der Waals surface area contributed by atoms with Crippen LogP contribution in [0.4, 0.5) is 10.1 Å². The number of carbonyl (C=O) groups is 1. The van der Waals surface area contributed by atoms with E-state index in [9.17, 15) is 9.18 Å². The van der Waals surface area contributed by atoms with E-state index in [1.165, 1.54) is 19.2 Å². The second-order valence-electron chi connectivity index (χ2n) is 9.68. The van der Waals surface area contributed by atoms with Crippen LogP contribution in [0.5, 0.6) is 5.75 Å². The van der Waals surface area contributed by atoms with Crippen LogP contribution in [0.15, 0.2) is 97.7 Å². The fourth-order valence-corrected chi connectivity index (χ4v) is 4.97. The molecule has 0 saturated heterocycles. The van der Waals surface area contributed by atoms with Gasteiger partial charge in [-0.2, -0.15) is 5.10 Å². The molecule has 9 nitrogen and oxygen atoms in total. The van der Waals surface area contributed by atoms with Gasteiger partial charge in [-0.3, -0.25) is 24.8 Å². The van der Waals surface area contributed by atoms with Gasteiger partial charge in [-0.25, -0.2) is 4.39 Å². The summed E-state index contributed by atoms with van der Waals surface area (Å²) >= 11 is 0. The van der Waals surface area contributed by atoms with Crippen LogP contribution < -0.4 is 10.1 Å². The number of carbonyl (C=O) groups excluding carboxylic acids is 1. The lowest BCUT2D eigenvalue weighted by Gasteiger charge is -2.07. The fourth-order valence-electron chi connectivity index (χ4n) is 4.97. The number of methoxy groups -OCH3 is 1. The predicted molar refractivity (Wildman–Crippen MR) is 159 cm³/mol. The molecular formula is C32H22FN7O2. The third-order valence-corrected chi connectivity index (χ3v) is 6.99. The average molecular weight is 556 g/mol. The summed E-state index contributed by atoms with van der Waals surface area (Å²) in [4.78, 5) is 29.3. The molecule has 204 valence electrons. The predicted octanol–water partition coefficient (Wildman–Crippen LogP) is 6.63. The molecular weight excluding hydrogens is 533 g/mol. The maximum atomic E-state index is 14.3. The Labute approximate surface area is 238 Å². The van der Waals surface area contributed by atoms with Gasteiger partial charge in [-0.05, 0) is 48.0 Å². The molecule has 0 bridgehead atoms. The Morgan fingerprint density at radius 3 is 2.57 bits per heavy atom. The van der Waals surface area contributed by atoms with Crippen LogP contribution >= 0.6 is 0 Å². The molecule has 2 aromatic carbocycles. The van der Waals surface area contributed by atoms with Gasteiger partial charge in [0.25, 0.3) is 5.91 Å². The van der Waals surface area contributed by atoms with Crippen molar-refractivity contribution in [1.82, 2.24) is 30.1 Å². The minimum atomic E-state index is -0.395. The van der Waals surface area contributed by atoms with Gasteiger partial charge in [0.1, 0.15) is 17.3 Å². The number of pyridine rings is 3. The van der Waals surface area contributed by atoms with E-state index in [0.29, 0.717) is 34.0 Å². The van der Waals surface area contributed by atoms with Gasteiger partial charge in [0.15, 0.2) is 0 Å². The molecule has 0 saturated carbocycles. The van der Waals surface area contributed by atoms with Crippen LogP contribution in [0, 0.1) is 5.82 Å². The van der Waals surface area contributed by atoms with E-state index < -0.39 is 5.82 Å². The maximum Gasteiger partial charge on any atom is 0.255 e. The second kappa shape index (κ2) is 10.3. The van der Waals surface area contributed by atoms with Crippen molar-refractivity contribution in [3.05, 3.63) is 109 Å². The van der Waals surface area contributed by atoms with Crippen LogP contribution in [-0.2, 0) is 0 Å². The lowest BCUT2D eigenvalue weighted by atomic mass is 10.0. The van der Waals surface area contributed by atoms with Gasteiger partial charge >= 0.3 is 0 Å². The Morgan fingerprint density at radius 1 is 0.857 bits per heavy atom. The normalized spacial score (nSPS) is 11.2. The highest BCUT2D eigenvalue weighted by molar-refractivity contribution is 6.04. The first kappa shape index (κ1) is 25.1. The first-order valence-electron chi connectivity index (χ1n) is 13.0. The molecule has 0 spiro atoms. The van der Waals surface area contributed by atoms with Crippen molar-refractivity contribution >= 4 is 33.4 Å². The van der Waals surface area contributed by atoms with E-state index in [4.69, 9.17) is 4.74 Å². The molecule has 3 N–H and O–H groups in total.